The molecule has 1 aromatic rings. The Hall–Kier alpha value is -1.29. The van der Waals surface area contributed by atoms with Gasteiger partial charge in [-0.3, -0.25) is 4.79 Å². The predicted octanol–water partition coefficient (Wildman–Crippen LogP) is 2.31. The Kier molecular flexibility index (Phi) is 3.91. The fourth-order valence-electron chi connectivity index (χ4n) is 1.29. The van der Waals surface area contributed by atoms with Crippen LogP contribution in [-0.2, 0) is 0 Å². The van der Waals surface area contributed by atoms with Crippen LogP contribution in [-0.4, -0.2) is 17.0 Å². The van der Waals surface area contributed by atoms with E-state index in [1.807, 2.05) is 6.92 Å². The number of aliphatic hydroxyl groups excluding tert-OH is 1. The number of Topliss-reactive ketones (excluding diaryl/α,β-unsaturated/α-hetero) is 1. The summed E-state index contributed by atoms with van der Waals surface area (Å²) in [7, 11) is 0. The standard InChI is InChI=1S/C11H12F2O2/c1-2-3-10(14)11(15)7-4-8(12)6-9(13)5-7/h4-6,10,14H,2-3H2,1H3. The maximum absolute atomic E-state index is 12.8. The van der Waals surface area contributed by atoms with Gasteiger partial charge < -0.3 is 5.11 Å². The summed E-state index contributed by atoms with van der Waals surface area (Å²) in [5.74, 6) is -2.28. The molecule has 0 spiro atoms. The van der Waals surface area contributed by atoms with Gasteiger partial charge in [0.1, 0.15) is 17.7 Å². The zero-order chi connectivity index (χ0) is 11.4. The molecule has 15 heavy (non-hydrogen) atoms. The van der Waals surface area contributed by atoms with Gasteiger partial charge >= 0.3 is 0 Å². The Morgan fingerprint density at radius 3 is 2.33 bits per heavy atom. The van der Waals surface area contributed by atoms with Crippen molar-refractivity contribution in [3.05, 3.63) is 35.4 Å². The number of ketones is 1. The van der Waals surface area contributed by atoms with Crippen LogP contribution in [0.15, 0.2) is 18.2 Å². The number of rotatable bonds is 4. The van der Waals surface area contributed by atoms with Crippen LogP contribution in [0.4, 0.5) is 8.78 Å². The average Bonchev–Trinajstić information content (AvgIpc) is 2.15. The molecule has 0 saturated heterocycles. The second-order valence-electron chi connectivity index (χ2n) is 3.33. The minimum atomic E-state index is -1.18. The summed E-state index contributed by atoms with van der Waals surface area (Å²) in [4.78, 5) is 11.5. The molecule has 4 heteroatoms. The first-order valence-corrected chi connectivity index (χ1v) is 4.73. The van der Waals surface area contributed by atoms with Crippen molar-refractivity contribution in [3.8, 4) is 0 Å². The summed E-state index contributed by atoms with van der Waals surface area (Å²) >= 11 is 0. The topological polar surface area (TPSA) is 37.3 Å². The van der Waals surface area contributed by atoms with E-state index in [4.69, 9.17) is 0 Å². The van der Waals surface area contributed by atoms with Crippen molar-refractivity contribution in [2.45, 2.75) is 25.9 Å². The molecule has 0 saturated carbocycles. The van der Waals surface area contributed by atoms with Gasteiger partial charge in [0.15, 0.2) is 5.78 Å². The molecule has 1 aromatic carbocycles. The van der Waals surface area contributed by atoms with Crippen LogP contribution in [0.25, 0.3) is 0 Å². The largest absolute Gasteiger partial charge is 0.385 e. The third-order valence-corrected chi connectivity index (χ3v) is 2.01. The lowest BCUT2D eigenvalue weighted by molar-refractivity contribution is 0.0728. The fourth-order valence-corrected chi connectivity index (χ4v) is 1.29. The molecule has 1 atom stereocenters. The zero-order valence-electron chi connectivity index (χ0n) is 8.34. The van der Waals surface area contributed by atoms with Gasteiger partial charge in [0.05, 0.1) is 0 Å². The van der Waals surface area contributed by atoms with Gasteiger partial charge in [-0.2, -0.15) is 0 Å². The quantitative estimate of drug-likeness (QED) is 0.781. The van der Waals surface area contributed by atoms with E-state index in [9.17, 15) is 18.7 Å². The lowest BCUT2D eigenvalue weighted by Crippen LogP contribution is -2.20. The van der Waals surface area contributed by atoms with E-state index in [0.29, 0.717) is 12.5 Å². The number of aliphatic hydroxyl groups is 1. The predicted molar refractivity (Wildman–Crippen MR) is 51.6 cm³/mol. The second kappa shape index (κ2) is 4.98. The molecule has 1 N–H and O–H groups in total. The molecule has 0 aliphatic rings. The van der Waals surface area contributed by atoms with Crippen LogP contribution >= 0.6 is 0 Å². The molecule has 82 valence electrons. The monoisotopic (exact) mass is 214 g/mol. The summed E-state index contributed by atoms with van der Waals surface area (Å²) in [5, 5.41) is 9.36. The lowest BCUT2D eigenvalue weighted by Gasteiger charge is -2.08. The number of hydrogen-bond acceptors (Lipinski definition) is 2. The van der Waals surface area contributed by atoms with E-state index >= 15 is 0 Å². The third kappa shape index (κ3) is 3.09. The van der Waals surface area contributed by atoms with Crippen LogP contribution in [0.2, 0.25) is 0 Å². The van der Waals surface area contributed by atoms with Crippen molar-refractivity contribution in [2.24, 2.45) is 0 Å². The zero-order valence-corrected chi connectivity index (χ0v) is 8.34. The number of carbonyl (C=O) groups is 1. The molecule has 0 radical (unpaired) electrons. The summed E-state index contributed by atoms with van der Waals surface area (Å²) in [6.45, 7) is 1.81. The number of carbonyl (C=O) groups excluding carboxylic acids is 1. The van der Waals surface area contributed by atoms with Crippen molar-refractivity contribution < 1.29 is 18.7 Å². The highest BCUT2D eigenvalue weighted by atomic mass is 19.1. The Morgan fingerprint density at radius 1 is 1.33 bits per heavy atom. The first-order chi connectivity index (χ1) is 7.04. The van der Waals surface area contributed by atoms with E-state index in [1.54, 1.807) is 0 Å². The van der Waals surface area contributed by atoms with Crippen LogP contribution in [0.1, 0.15) is 30.1 Å². The van der Waals surface area contributed by atoms with E-state index in [-0.39, 0.29) is 12.0 Å². The molecule has 0 bridgehead atoms. The van der Waals surface area contributed by atoms with Gasteiger partial charge in [-0.05, 0) is 18.6 Å². The smallest absolute Gasteiger partial charge is 0.191 e. The van der Waals surface area contributed by atoms with Crippen molar-refractivity contribution in [2.75, 3.05) is 0 Å². The van der Waals surface area contributed by atoms with E-state index in [0.717, 1.165) is 12.1 Å². The van der Waals surface area contributed by atoms with Crippen molar-refractivity contribution in [1.82, 2.24) is 0 Å². The van der Waals surface area contributed by atoms with Gasteiger partial charge in [-0.15, -0.1) is 0 Å². The Balaban J connectivity index is 2.90. The summed E-state index contributed by atoms with van der Waals surface area (Å²) in [6, 6.07) is 2.53. The molecule has 1 rings (SSSR count). The fraction of sp³-hybridized carbons (Fsp3) is 0.364. The SMILES string of the molecule is CCCC(O)C(=O)c1cc(F)cc(F)c1. The molecular weight excluding hydrogens is 202 g/mol. The van der Waals surface area contributed by atoms with Gasteiger partial charge in [-0.25, -0.2) is 8.78 Å². The normalized spacial score (nSPS) is 12.5. The number of hydrogen-bond donors (Lipinski definition) is 1. The molecular formula is C11H12F2O2. The van der Waals surface area contributed by atoms with Crippen LogP contribution < -0.4 is 0 Å². The highest BCUT2D eigenvalue weighted by molar-refractivity contribution is 5.99. The average molecular weight is 214 g/mol. The Morgan fingerprint density at radius 2 is 1.87 bits per heavy atom. The molecule has 0 aromatic heterocycles. The van der Waals surface area contributed by atoms with E-state index < -0.39 is 23.5 Å². The van der Waals surface area contributed by atoms with Crippen LogP contribution in [0, 0.1) is 11.6 Å². The van der Waals surface area contributed by atoms with Gasteiger partial charge in [-0.1, -0.05) is 13.3 Å². The Labute approximate surface area is 86.5 Å². The molecule has 1 unspecified atom stereocenters. The molecule has 2 nitrogen and oxygen atoms in total. The molecule has 0 heterocycles. The minimum absolute atomic E-state index is 0.131. The first kappa shape index (κ1) is 11.8. The first-order valence-electron chi connectivity index (χ1n) is 4.73. The van der Waals surface area contributed by atoms with Gasteiger partial charge in [0, 0.05) is 11.6 Å². The van der Waals surface area contributed by atoms with Crippen molar-refractivity contribution in [3.63, 3.8) is 0 Å². The summed E-state index contributed by atoms with van der Waals surface area (Å²) in [6.07, 6.45) is -0.266. The maximum Gasteiger partial charge on any atom is 0.191 e. The lowest BCUT2D eigenvalue weighted by atomic mass is 10.0. The minimum Gasteiger partial charge on any atom is -0.385 e. The van der Waals surface area contributed by atoms with E-state index in [2.05, 4.69) is 0 Å². The van der Waals surface area contributed by atoms with Crippen LogP contribution in [0.3, 0.4) is 0 Å². The molecule has 0 aliphatic carbocycles. The maximum atomic E-state index is 12.8. The molecule has 0 amide bonds. The molecule has 0 aliphatic heterocycles. The highest BCUT2D eigenvalue weighted by Crippen LogP contribution is 2.12. The third-order valence-electron chi connectivity index (χ3n) is 2.01. The molecule has 0 fully saturated rings. The second-order valence-corrected chi connectivity index (χ2v) is 3.33. The number of benzene rings is 1. The van der Waals surface area contributed by atoms with Crippen molar-refractivity contribution >= 4 is 5.78 Å². The summed E-state index contributed by atoms with van der Waals surface area (Å²) < 4.78 is 25.5. The van der Waals surface area contributed by atoms with Crippen molar-refractivity contribution in [1.29, 1.82) is 0 Å². The number of halogens is 2. The highest BCUT2D eigenvalue weighted by Gasteiger charge is 2.17. The Bertz CT molecular complexity index is 343. The van der Waals surface area contributed by atoms with Crippen LogP contribution in [0.5, 0.6) is 0 Å². The van der Waals surface area contributed by atoms with Gasteiger partial charge in [0.25, 0.3) is 0 Å². The van der Waals surface area contributed by atoms with Gasteiger partial charge in [0.2, 0.25) is 0 Å². The van der Waals surface area contributed by atoms with E-state index in [1.165, 1.54) is 0 Å². The summed E-state index contributed by atoms with van der Waals surface area (Å²) in [5.41, 5.74) is -0.131.